The van der Waals surface area contributed by atoms with E-state index in [9.17, 15) is 14.9 Å². The van der Waals surface area contributed by atoms with Gasteiger partial charge in [-0.25, -0.2) is 4.79 Å². The number of hydrogen-bond donors (Lipinski definition) is 0. The second-order valence-corrected chi connectivity index (χ2v) is 5.43. The van der Waals surface area contributed by atoms with Crippen molar-refractivity contribution in [1.82, 2.24) is 9.80 Å². The highest BCUT2D eigenvalue weighted by molar-refractivity contribution is 5.78. The van der Waals surface area contributed by atoms with Gasteiger partial charge in [-0.1, -0.05) is 6.07 Å². The van der Waals surface area contributed by atoms with E-state index in [0.29, 0.717) is 29.4 Å². The molecule has 0 saturated carbocycles. The number of nitrogens with zero attached hydrogens (tertiary/aromatic N) is 3. The van der Waals surface area contributed by atoms with Crippen LogP contribution >= 0.6 is 0 Å². The summed E-state index contributed by atoms with van der Waals surface area (Å²) < 4.78 is 10.8. The van der Waals surface area contributed by atoms with Crippen LogP contribution in [0.5, 0.6) is 11.5 Å². The van der Waals surface area contributed by atoms with Crippen molar-refractivity contribution < 1.29 is 19.2 Å². The van der Waals surface area contributed by atoms with Crippen LogP contribution in [0.4, 0.5) is 4.79 Å². The van der Waals surface area contributed by atoms with E-state index in [0.717, 1.165) is 0 Å². The van der Waals surface area contributed by atoms with Gasteiger partial charge in [-0.2, -0.15) is 0 Å². The van der Waals surface area contributed by atoms with Crippen LogP contribution in [0.2, 0.25) is 0 Å². The predicted octanol–water partition coefficient (Wildman–Crippen LogP) is 2.64. The molecule has 1 aliphatic heterocycles. The molecule has 2 amide bonds. The zero-order valence-electron chi connectivity index (χ0n) is 14.4. The number of carbonyl (C=O) groups excluding carboxylic acids is 1. The highest BCUT2D eigenvalue weighted by Crippen LogP contribution is 2.39. The third-order valence-electron chi connectivity index (χ3n) is 4.11. The predicted molar refractivity (Wildman–Crippen MR) is 87.5 cm³/mol. The van der Waals surface area contributed by atoms with Crippen molar-refractivity contribution in [2.24, 2.45) is 0 Å². The molecule has 130 valence electrons. The summed E-state index contributed by atoms with van der Waals surface area (Å²) in [5.41, 5.74) is 0.872. The van der Waals surface area contributed by atoms with Gasteiger partial charge < -0.3 is 14.4 Å². The maximum atomic E-state index is 12.4. The van der Waals surface area contributed by atoms with Gasteiger partial charge in [-0.15, -0.1) is 0 Å². The first-order valence-electron chi connectivity index (χ1n) is 7.49. The number of amides is 2. The zero-order chi connectivity index (χ0) is 18.0. The average Bonchev–Trinajstić information content (AvgIpc) is 2.56. The Hall–Kier alpha value is -2.77. The van der Waals surface area contributed by atoms with Gasteiger partial charge in [0.1, 0.15) is 0 Å². The highest BCUT2D eigenvalue weighted by atomic mass is 16.6. The summed E-state index contributed by atoms with van der Waals surface area (Å²) >= 11 is 0. The summed E-state index contributed by atoms with van der Waals surface area (Å²) in [5, 5.41) is 11.6. The summed E-state index contributed by atoms with van der Waals surface area (Å²) in [4.78, 5) is 26.1. The maximum absolute atomic E-state index is 12.4. The number of rotatable bonds is 5. The molecule has 0 radical (unpaired) electrons. The molecule has 8 heteroatoms. The molecule has 0 spiro atoms. The van der Waals surface area contributed by atoms with E-state index in [1.807, 2.05) is 6.92 Å². The fraction of sp³-hybridized carbons (Fsp3) is 0.438. The molecule has 1 heterocycles. The molecule has 1 aromatic rings. The Balaban J connectivity index is 2.59. The summed E-state index contributed by atoms with van der Waals surface area (Å²) in [6.45, 7) is 3.90. The van der Waals surface area contributed by atoms with Crippen molar-refractivity contribution >= 4 is 6.03 Å². The molecule has 1 aromatic carbocycles. The van der Waals surface area contributed by atoms with E-state index >= 15 is 0 Å². The molecule has 24 heavy (non-hydrogen) atoms. The minimum Gasteiger partial charge on any atom is -0.493 e. The fourth-order valence-corrected chi connectivity index (χ4v) is 2.79. The van der Waals surface area contributed by atoms with Gasteiger partial charge in [-0.3, -0.25) is 15.0 Å². The number of urea groups is 1. The number of likely N-dealkylation sites (N-methyl/N-ethyl adjacent to an activating group) is 1. The first-order valence-corrected chi connectivity index (χ1v) is 7.49. The van der Waals surface area contributed by atoms with Crippen molar-refractivity contribution in [2.75, 3.05) is 27.8 Å². The topological polar surface area (TPSA) is 85.2 Å². The second kappa shape index (κ2) is 6.77. The van der Waals surface area contributed by atoms with Crippen LogP contribution in [-0.4, -0.2) is 48.6 Å². The molecule has 0 saturated heterocycles. The maximum Gasteiger partial charge on any atom is 0.324 e. The Morgan fingerprint density at radius 1 is 1.29 bits per heavy atom. The van der Waals surface area contributed by atoms with Gasteiger partial charge in [0, 0.05) is 14.1 Å². The lowest BCUT2D eigenvalue weighted by Gasteiger charge is -2.36. The third-order valence-corrected chi connectivity index (χ3v) is 4.11. The van der Waals surface area contributed by atoms with E-state index < -0.39 is 11.0 Å². The molecular formula is C16H21N3O5. The molecule has 0 N–H and O–H groups in total. The normalized spacial score (nSPS) is 18.0. The Morgan fingerprint density at radius 2 is 1.96 bits per heavy atom. The van der Waals surface area contributed by atoms with Crippen molar-refractivity contribution in [3.8, 4) is 11.5 Å². The molecule has 2 rings (SSSR count). The quantitative estimate of drug-likeness (QED) is 0.610. The average molecular weight is 335 g/mol. The summed E-state index contributed by atoms with van der Waals surface area (Å²) in [6, 6.07) is 3.97. The van der Waals surface area contributed by atoms with Gasteiger partial charge in [0.25, 0.3) is 5.70 Å². The van der Waals surface area contributed by atoms with E-state index in [1.165, 1.54) is 24.0 Å². The molecule has 1 atom stereocenters. The van der Waals surface area contributed by atoms with E-state index in [1.54, 1.807) is 32.2 Å². The lowest BCUT2D eigenvalue weighted by molar-refractivity contribution is -0.436. The fourth-order valence-electron chi connectivity index (χ4n) is 2.79. The first kappa shape index (κ1) is 17.6. The number of benzene rings is 1. The van der Waals surface area contributed by atoms with Crippen molar-refractivity contribution in [3.63, 3.8) is 0 Å². The molecule has 8 nitrogen and oxygen atoms in total. The van der Waals surface area contributed by atoms with Gasteiger partial charge >= 0.3 is 6.03 Å². The Morgan fingerprint density at radius 3 is 2.50 bits per heavy atom. The smallest absolute Gasteiger partial charge is 0.324 e. The number of allylic oxidation sites excluding steroid dienone is 1. The second-order valence-electron chi connectivity index (χ2n) is 5.43. The van der Waals surface area contributed by atoms with Crippen molar-refractivity contribution in [3.05, 3.63) is 45.3 Å². The summed E-state index contributed by atoms with van der Waals surface area (Å²) in [6.07, 6.45) is 0. The summed E-state index contributed by atoms with van der Waals surface area (Å²) in [5.74, 6) is 1.02. The number of hydrogen-bond acceptors (Lipinski definition) is 5. The molecule has 1 aliphatic rings. The highest BCUT2D eigenvalue weighted by Gasteiger charge is 2.42. The molecule has 0 unspecified atom stereocenters. The van der Waals surface area contributed by atoms with Gasteiger partial charge in [-0.05, 0) is 31.5 Å². The van der Waals surface area contributed by atoms with Gasteiger partial charge in [0.2, 0.25) is 0 Å². The number of ether oxygens (including phenoxy) is 2. The van der Waals surface area contributed by atoms with Crippen molar-refractivity contribution in [2.45, 2.75) is 19.9 Å². The minimum absolute atomic E-state index is 0.0363. The molecular weight excluding hydrogens is 314 g/mol. The van der Waals surface area contributed by atoms with Crippen molar-refractivity contribution in [1.29, 1.82) is 0 Å². The standard InChI is InChI=1S/C16H21N3O5/c1-6-24-12-8-7-11(9-13(12)23-5)15-14(19(21)22)10(2)17(3)16(20)18(15)4/h7-9,15H,6H2,1-5H3/t15-/m1/s1. The number of nitro groups is 1. The van der Waals surface area contributed by atoms with E-state index in [4.69, 9.17) is 9.47 Å². The molecule has 0 aromatic heterocycles. The SMILES string of the molecule is CCOc1ccc([C@@H]2C([N+](=O)[O-])=C(C)N(C)C(=O)N2C)cc1OC. The molecule has 0 bridgehead atoms. The number of carbonyl (C=O) groups is 1. The third kappa shape index (κ3) is 2.86. The van der Waals surface area contributed by atoms with Crippen LogP contribution in [0.3, 0.4) is 0 Å². The Kier molecular flexibility index (Phi) is 4.96. The molecule has 0 aliphatic carbocycles. The Bertz CT molecular complexity index is 701. The molecule has 0 fully saturated rings. The van der Waals surface area contributed by atoms with Crippen LogP contribution in [0.1, 0.15) is 25.5 Å². The van der Waals surface area contributed by atoms with Crippen LogP contribution in [0.15, 0.2) is 29.6 Å². The van der Waals surface area contributed by atoms with Gasteiger partial charge in [0.05, 0.1) is 24.3 Å². The monoisotopic (exact) mass is 335 g/mol. The first-order chi connectivity index (χ1) is 11.3. The summed E-state index contributed by atoms with van der Waals surface area (Å²) in [7, 11) is 4.57. The number of methoxy groups -OCH3 is 1. The van der Waals surface area contributed by atoms with Gasteiger partial charge in [0.15, 0.2) is 17.5 Å². The van der Waals surface area contributed by atoms with Crippen LogP contribution in [0, 0.1) is 10.1 Å². The van der Waals surface area contributed by atoms with E-state index in [-0.39, 0.29) is 11.7 Å². The largest absolute Gasteiger partial charge is 0.493 e. The lowest BCUT2D eigenvalue weighted by Crippen LogP contribution is -2.47. The Labute approximate surface area is 140 Å². The van der Waals surface area contributed by atoms with Crippen LogP contribution < -0.4 is 9.47 Å². The van der Waals surface area contributed by atoms with Crippen LogP contribution in [-0.2, 0) is 0 Å². The zero-order valence-corrected chi connectivity index (χ0v) is 14.4. The van der Waals surface area contributed by atoms with E-state index in [2.05, 4.69) is 0 Å². The lowest BCUT2D eigenvalue weighted by atomic mass is 9.98. The minimum atomic E-state index is -0.798. The van der Waals surface area contributed by atoms with Crippen LogP contribution in [0.25, 0.3) is 0 Å².